The van der Waals surface area contributed by atoms with E-state index in [1.165, 1.54) is 26.7 Å². The van der Waals surface area contributed by atoms with Crippen molar-refractivity contribution in [2.45, 2.75) is 77.9 Å². The molecule has 0 unspecified atom stereocenters. The van der Waals surface area contributed by atoms with Crippen LogP contribution in [0.4, 0.5) is 8.78 Å². The van der Waals surface area contributed by atoms with Gasteiger partial charge in [-0.2, -0.15) is 0 Å². The largest absolute Gasteiger partial charge is 0.376 e. The number of hydrogen-bond donors (Lipinski definition) is 2. The third-order valence-electron chi connectivity index (χ3n) is 3.05. The first-order valence-electron chi connectivity index (χ1n) is 8.30. The van der Waals surface area contributed by atoms with E-state index in [1.54, 1.807) is 0 Å². The van der Waals surface area contributed by atoms with Gasteiger partial charge in [0, 0.05) is 11.4 Å². The molecule has 1 rings (SSSR count). The minimum absolute atomic E-state index is 0.256. The molecule has 0 amide bonds. The fraction of sp³-hybridized carbons (Fsp3) is 1.00. The van der Waals surface area contributed by atoms with Crippen LogP contribution >= 0.6 is 10.3 Å². The Morgan fingerprint density at radius 3 is 1.71 bits per heavy atom. The van der Waals surface area contributed by atoms with Gasteiger partial charge in [0.05, 0.1) is 12.7 Å². The monoisotopic (exact) mass is 378 g/mol. The van der Waals surface area contributed by atoms with Crippen molar-refractivity contribution in [3.05, 3.63) is 0 Å². The third kappa shape index (κ3) is 20.1. The lowest BCUT2D eigenvalue weighted by atomic mass is 10.2. The molecule has 24 heavy (non-hydrogen) atoms. The SMILES string of the molecule is CC.CC(C)(C)S(C)(C)OC[C@@H]1CCCO1.CC(C)(O)O.FCF. The van der Waals surface area contributed by atoms with Crippen molar-refractivity contribution >= 4 is 10.3 Å². The van der Waals surface area contributed by atoms with Gasteiger partial charge in [-0.1, -0.05) is 34.6 Å². The van der Waals surface area contributed by atoms with Crippen LogP contribution in [-0.2, 0) is 8.92 Å². The van der Waals surface area contributed by atoms with Gasteiger partial charge in [0.2, 0.25) is 6.93 Å². The molecule has 2 N–H and O–H groups in total. The molecule has 7 heteroatoms. The molecule has 1 fully saturated rings. The van der Waals surface area contributed by atoms with Crippen molar-refractivity contribution in [3.8, 4) is 0 Å². The summed E-state index contributed by atoms with van der Waals surface area (Å²) in [5, 5.41) is 16.2. The van der Waals surface area contributed by atoms with Gasteiger partial charge in [-0.25, -0.2) is 8.78 Å². The maximum absolute atomic E-state index is 9.62. The Labute approximate surface area is 149 Å². The second-order valence-corrected chi connectivity index (χ2v) is 10.8. The summed E-state index contributed by atoms with van der Waals surface area (Å²) in [5.74, 6) is -1.50. The summed E-state index contributed by atoms with van der Waals surface area (Å²) < 4.78 is 31.1. The summed E-state index contributed by atoms with van der Waals surface area (Å²) in [5.41, 5.74) is 0. The lowest BCUT2D eigenvalue weighted by molar-refractivity contribution is -0.127. The molecule has 0 radical (unpaired) electrons. The highest BCUT2D eigenvalue weighted by molar-refractivity contribution is 8.29. The van der Waals surface area contributed by atoms with Crippen molar-refractivity contribution in [2.24, 2.45) is 0 Å². The molecule has 0 aromatic rings. The molecule has 0 bridgehead atoms. The van der Waals surface area contributed by atoms with Gasteiger partial charge in [-0.3, -0.25) is 0 Å². The smallest absolute Gasteiger partial charge is 0.229 e. The van der Waals surface area contributed by atoms with Crippen molar-refractivity contribution < 1.29 is 27.9 Å². The maximum atomic E-state index is 9.62. The zero-order valence-corrected chi connectivity index (χ0v) is 17.8. The standard InChI is InChI=1S/C11H24O2S.C3H8O2.C2H6.CH2F2/c1-11(2,3)14(4,5)13-9-10-7-6-8-12-10;1-3(2,4)5;1-2;2-1-3/h10H,6-9H2,1-5H3;4-5H,1-2H3;1-2H3;1H2/t10-;;;/m0.../s1. The fourth-order valence-electron chi connectivity index (χ4n) is 1.20. The van der Waals surface area contributed by atoms with Crippen molar-refractivity contribution in [3.63, 3.8) is 0 Å². The van der Waals surface area contributed by atoms with E-state index in [0.717, 1.165) is 13.2 Å². The molecule has 152 valence electrons. The molecule has 0 aromatic heterocycles. The van der Waals surface area contributed by atoms with Crippen LogP contribution in [0.25, 0.3) is 0 Å². The highest BCUT2D eigenvalue weighted by atomic mass is 32.3. The first-order valence-corrected chi connectivity index (χ1v) is 10.7. The van der Waals surface area contributed by atoms with Crippen LogP contribution in [0.1, 0.15) is 61.3 Å². The summed E-state index contributed by atoms with van der Waals surface area (Å²) in [7, 11) is -0.965. The maximum Gasteiger partial charge on any atom is 0.229 e. The lowest BCUT2D eigenvalue weighted by Gasteiger charge is -2.44. The summed E-state index contributed by atoms with van der Waals surface area (Å²) in [6.45, 7) is 13.3. The molecule has 1 aliphatic rings. The van der Waals surface area contributed by atoms with Gasteiger partial charge in [-0.15, -0.1) is 10.3 Å². The lowest BCUT2D eigenvalue weighted by Crippen LogP contribution is -2.27. The first-order chi connectivity index (χ1) is 10.7. The summed E-state index contributed by atoms with van der Waals surface area (Å²) in [6, 6.07) is 0. The number of hydrogen-bond acceptors (Lipinski definition) is 4. The molecule has 1 atom stereocenters. The minimum atomic E-state index is -1.75. The molecule has 0 aliphatic carbocycles. The first kappa shape index (κ1) is 28.8. The zero-order valence-electron chi connectivity index (χ0n) is 17.0. The molecule has 4 nitrogen and oxygen atoms in total. The van der Waals surface area contributed by atoms with Crippen LogP contribution in [0.5, 0.6) is 0 Å². The number of halogens is 2. The Morgan fingerprint density at radius 2 is 1.46 bits per heavy atom. The van der Waals surface area contributed by atoms with E-state index in [9.17, 15) is 8.78 Å². The Balaban J connectivity index is -0.000000368. The molecule has 0 spiro atoms. The van der Waals surface area contributed by atoms with E-state index >= 15 is 0 Å². The van der Waals surface area contributed by atoms with E-state index < -0.39 is 23.0 Å². The van der Waals surface area contributed by atoms with E-state index in [2.05, 4.69) is 33.3 Å². The molecule has 1 heterocycles. The second-order valence-electron chi connectivity index (χ2n) is 6.86. The van der Waals surface area contributed by atoms with E-state index in [1.807, 2.05) is 13.8 Å². The molecule has 0 aromatic carbocycles. The quantitative estimate of drug-likeness (QED) is 0.706. The Bertz CT molecular complexity index is 265. The van der Waals surface area contributed by atoms with E-state index in [-0.39, 0.29) is 4.75 Å². The van der Waals surface area contributed by atoms with Crippen molar-refractivity contribution in [1.29, 1.82) is 0 Å². The summed E-state index contributed by atoms with van der Waals surface area (Å²) >= 11 is 0. The van der Waals surface area contributed by atoms with Gasteiger partial charge in [-0.05, 0) is 39.2 Å². The molecule has 0 saturated carbocycles. The highest BCUT2D eigenvalue weighted by Gasteiger charge is 2.30. The summed E-state index contributed by atoms with van der Waals surface area (Å²) in [4.78, 5) is 0. The van der Waals surface area contributed by atoms with Crippen LogP contribution in [-0.4, -0.2) is 59.5 Å². The van der Waals surface area contributed by atoms with Crippen LogP contribution in [0.15, 0.2) is 0 Å². The van der Waals surface area contributed by atoms with Gasteiger partial charge in [0.15, 0.2) is 5.79 Å². The fourth-order valence-corrected chi connectivity index (χ4v) is 2.04. The number of aliphatic hydroxyl groups is 2. The average molecular weight is 379 g/mol. The number of ether oxygens (including phenoxy) is 1. The predicted octanol–water partition coefficient (Wildman–Crippen LogP) is 4.58. The van der Waals surface area contributed by atoms with E-state index in [4.69, 9.17) is 19.1 Å². The molecular formula is C17H40F2O4S. The molecule has 1 aliphatic heterocycles. The van der Waals surface area contributed by atoms with Gasteiger partial charge in [0.25, 0.3) is 0 Å². The average Bonchev–Trinajstić information content (AvgIpc) is 2.89. The van der Waals surface area contributed by atoms with Crippen LogP contribution < -0.4 is 0 Å². The minimum Gasteiger partial charge on any atom is -0.376 e. The van der Waals surface area contributed by atoms with Crippen molar-refractivity contribution in [1.82, 2.24) is 0 Å². The van der Waals surface area contributed by atoms with Crippen LogP contribution in [0.2, 0.25) is 0 Å². The zero-order chi connectivity index (χ0) is 20.0. The van der Waals surface area contributed by atoms with Crippen LogP contribution in [0.3, 0.4) is 0 Å². The molecular weight excluding hydrogens is 338 g/mol. The van der Waals surface area contributed by atoms with Gasteiger partial charge >= 0.3 is 0 Å². The second kappa shape index (κ2) is 14.2. The number of alkyl halides is 2. The third-order valence-corrected chi connectivity index (χ3v) is 6.72. The molecule has 1 saturated heterocycles. The van der Waals surface area contributed by atoms with E-state index in [0.29, 0.717) is 6.10 Å². The van der Waals surface area contributed by atoms with Crippen LogP contribution in [0, 0.1) is 0 Å². The normalized spacial score (nSPS) is 18.3. The Morgan fingerprint density at radius 1 is 1.08 bits per heavy atom. The predicted molar refractivity (Wildman–Crippen MR) is 101 cm³/mol. The van der Waals surface area contributed by atoms with Gasteiger partial charge in [0.1, 0.15) is 0 Å². The topological polar surface area (TPSA) is 58.9 Å². The number of rotatable bonds is 3. The summed E-state index contributed by atoms with van der Waals surface area (Å²) in [6.07, 6.45) is 7.19. The van der Waals surface area contributed by atoms with Crippen molar-refractivity contribution in [2.75, 3.05) is 32.7 Å². The highest BCUT2D eigenvalue weighted by Crippen LogP contribution is 2.53. The van der Waals surface area contributed by atoms with Gasteiger partial charge < -0.3 is 19.1 Å². The Hall–Kier alpha value is 0.0500. The Kier molecular flexibility index (Phi) is 17.1.